The fraction of sp³-hybridized carbons (Fsp3) is 0.106. The molecule has 0 bridgehead atoms. The Balaban J connectivity index is 0.000000124. The van der Waals surface area contributed by atoms with E-state index in [0.717, 1.165) is 22.4 Å². The Morgan fingerprint density at radius 3 is 1.30 bits per heavy atom. The summed E-state index contributed by atoms with van der Waals surface area (Å²) in [6.45, 7) is 30.2. The van der Waals surface area contributed by atoms with E-state index >= 15 is 0 Å². The van der Waals surface area contributed by atoms with Crippen molar-refractivity contribution >= 4 is 147 Å². The molecule has 2 radical (unpaired) electrons. The summed E-state index contributed by atoms with van der Waals surface area (Å²) in [5.41, 5.74) is 14.8. The molecule has 18 nitrogen and oxygen atoms in total. The minimum Gasteiger partial charge on any atom is -0.370 e. The summed E-state index contributed by atoms with van der Waals surface area (Å²) in [7, 11) is 0. The Kier molecular flexibility index (Phi) is 20.7. The van der Waals surface area contributed by atoms with Gasteiger partial charge in [-0.1, -0.05) is 170 Å². The van der Waals surface area contributed by atoms with Crippen molar-refractivity contribution in [2.45, 2.75) is 65.7 Å². The zero-order valence-corrected chi connectivity index (χ0v) is 68.4. The summed E-state index contributed by atoms with van der Waals surface area (Å²) in [4.78, 5) is 40.2. The van der Waals surface area contributed by atoms with Crippen LogP contribution in [0.25, 0.3) is 162 Å². The van der Waals surface area contributed by atoms with Crippen molar-refractivity contribution in [3.05, 3.63) is 312 Å². The van der Waals surface area contributed by atoms with Crippen molar-refractivity contribution in [1.29, 1.82) is 21.0 Å². The molecule has 0 atom stereocenters. The number of rotatable bonds is 6. The number of imidazole rings is 2. The summed E-state index contributed by atoms with van der Waals surface area (Å²) in [5.74, 6) is 1.26. The Morgan fingerprint density at radius 1 is 0.426 bits per heavy atom. The Labute approximate surface area is 691 Å². The van der Waals surface area contributed by atoms with Crippen LogP contribution in [0.15, 0.2) is 237 Å². The van der Waals surface area contributed by atoms with Gasteiger partial charge in [-0.05, 0) is 106 Å². The van der Waals surface area contributed by atoms with Gasteiger partial charge >= 0.3 is 0 Å². The number of para-hydroxylation sites is 5. The SMILES string of the molecule is CC(C)(C)c1ccc2c(c1)c1ccc[c-]c1c1nccn21.CC(C)c1cccc(C(C)C)c1-n1ccnc1-c1[c-]cccc1.[C-]#[N+]c1nc2c3nc(C#N)c(C#N)nc3c3nc(C#N)c(C#N)nc3c2nc1[N+]#[C-].[Ir].[Ir].c1ccc2c(c1)c1ccccc1n2-c1ccc2sc3ccc(-n4c5ccccc5c5ccccc54)cc3c2c1. The number of hydrogen-bond acceptors (Lipinski definition) is 13. The summed E-state index contributed by atoms with van der Waals surface area (Å²) in [5, 5.41) is 48.5. The predicted octanol–water partition coefficient (Wildman–Crippen LogP) is 22.7. The molecule has 0 unspecified atom stereocenters. The van der Waals surface area contributed by atoms with Crippen LogP contribution in [-0.4, -0.2) is 58.0 Å². The standard InChI is InChI=1S/C36H22N2S.C21H23N2.C19H17N2.C18N12.2Ir/c1-5-13-31-25(9-1)26-10-2-6-14-32(26)37(31)23-17-19-35-29(21-23)30-22-24(18-20-36(30)39-35)38-33-15-7-3-11-27(33)28-12-4-8-16-34(28)38;1-15(2)18-11-8-12-19(16(3)4)20(18)23-14-13-22-21(23)17-9-6-5-7-10-17;1-19(2,3)13-8-9-17-16(12-13)14-6-4-5-7-15(14)18-20-10-11-21(17)18;1-23-17-18(24-2)30-16-14-12(26-8(4-20)10(6-22)28-14)11-13(15(16)29-17)27-9(5-21)7(3-19)25-11;;/h1-22H;5-9,11-16H,1-4H3;4-6,8-12H,1-3H3;;;/q;2*-1;;;. The van der Waals surface area contributed by atoms with Crippen LogP contribution >= 0.6 is 11.3 Å². The van der Waals surface area contributed by atoms with Crippen LogP contribution in [-0.2, 0) is 45.6 Å². The number of nitrogens with zero attached hydrogens (tertiary/aromatic N) is 18. The van der Waals surface area contributed by atoms with E-state index < -0.39 is 0 Å². The molecule has 9 aromatic heterocycles. The smallest absolute Gasteiger partial charge is 0.294 e. The molecule has 0 N–H and O–H groups in total. The summed E-state index contributed by atoms with van der Waals surface area (Å²) < 4.78 is 11.8. The molecule has 115 heavy (non-hydrogen) atoms. The molecule has 0 fully saturated rings. The molecule has 0 aliphatic carbocycles. The zero-order valence-electron chi connectivity index (χ0n) is 62.8. The quantitative estimate of drug-likeness (QED) is 0.112. The van der Waals surface area contributed by atoms with Gasteiger partial charge in [0.05, 0.1) is 33.5 Å². The van der Waals surface area contributed by atoms with E-state index in [4.69, 9.17) is 13.1 Å². The number of thiophene rings is 1. The zero-order chi connectivity index (χ0) is 77.9. The van der Waals surface area contributed by atoms with Crippen molar-refractivity contribution in [1.82, 2.24) is 58.0 Å². The third kappa shape index (κ3) is 13.3. The van der Waals surface area contributed by atoms with Crippen LogP contribution < -0.4 is 0 Å². The fourth-order valence-electron chi connectivity index (χ4n) is 15.1. The van der Waals surface area contributed by atoms with Crippen molar-refractivity contribution in [3.63, 3.8) is 0 Å². The molecule has 0 saturated carbocycles. The van der Waals surface area contributed by atoms with E-state index in [9.17, 15) is 21.0 Å². The normalized spacial score (nSPS) is 11.2. The van der Waals surface area contributed by atoms with Gasteiger partial charge in [0, 0.05) is 129 Å². The van der Waals surface area contributed by atoms with Crippen LogP contribution in [0.2, 0.25) is 0 Å². The average Bonchev–Trinajstić information content (AvgIpc) is 1.70. The maximum atomic E-state index is 9.29. The van der Waals surface area contributed by atoms with Crippen LogP contribution in [0.5, 0.6) is 0 Å². The van der Waals surface area contributed by atoms with E-state index in [2.05, 4.69) is 316 Å². The number of hydrogen-bond donors (Lipinski definition) is 0. The minimum atomic E-state index is -0.301. The van der Waals surface area contributed by atoms with Gasteiger partial charge in [-0.15, -0.1) is 86.9 Å². The molecule has 21 heteroatoms. The maximum Gasteiger partial charge on any atom is 0.294 e. The predicted molar refractivity (Wildman–Crippen MR) is 449 cm³/mol. The third-order valence-corrected chi connectivity index (χ3v) is 21.5. The molecule has 9 heterocycles. The van der Waals surface area contributed by atoms with E-state index in [1.807, 2.05) is 60.3 Å². The van der Waals surface area contributed by atoms with Crippen LogP contribution in [0, 0.1) is 70.6 Å². The first kappa shape index (κ1) is 76.3. The first-order chi connectivity index (χ1) is 55.1. The van der Waals surface area contributed by atoms with Crippen molar-refractivity contribution in [2.75, 3.05) is 0 Å². The number of fused-ring (bicyclic) bond motifs is 21. The molecule has 0 saturated heterocycles. The van der Waals surface area contributed by atoms with Gasteiger partial charge in [0.15, 0.2) is 22.8 Å². The summed E-state index contributed by atoms with van der Waals surface area (Å²) in [6, 6.07) is 90.0. The topological polar surface area (TPSA) is 226 Å². The van der Waals surface area contributed by atoms with Crippen LogP contribution in [0.3, 0.4) is 0 Å². The number of aromatic nitrogens is 12. The second kappa shape index (κ2) is 31.2. The molecule has 20 rings (SSSR count). The molecular weight excluding hydrogens is 1800 g/mol. The van der Waals surface area contributed by atoms with Gasteiger partial charge in [0.25, 0.3) is 11.6 Å². The maximum absolute atomic E-state index is 9.29. The first-order valence-corrected chi connectivity index (χ1v) is 37.3. The second-order valence-electron chi connectivity index (χ2n) is 28.7. The molecule has 0 spiro atoms. The number of pyridine rings is 1. The van der Waals surface area contributed by atoms with Crippen LogP contribution in [0.4, 0.5) is 11.6 Å². The van der Waals surface area contributed by atoms with Gasteiger partial charge in [-0.25, -0.2) is 19.9 Å². The molecule has 0 amide bonds. The van der Waals surface area contributed by atoms with Gasteiger partial charge in [-0.2, -0.15) is 21.0 Å². The minimum absolute atomic E-state index is 0. The van der Waals surface area contributed by atoms with E-state index in [1.54, 1.807) is 24.3 Å². The Morgan fingerprint density at radius 2 is 0.861 bits per heavy atom. The summed E-state index contributed by atoms with van der Waals surface area (Å²) >= 11 is 1.87. The van der Waals surface area contributed by atoms with Gasteiger partial charge in [0.2, 0.25) is 11.0 Å². The Bertz CT molecular complexity index is 6950. The number of benzene rings is 11. The van der Waals surface area contributed by atoms with Gasteiger partial charge < -0.3 is 27.8 Å². The molecule has 0 aliphatic rings. The monoisotopic (exact) mass is 1860 g/mol. The molecule has 0 aliphatic heterocycles. The van der Waals surface area contributed by atoms with Crippen molar-refractivity contribution < 1.29 is 40.2 Å². The van der Waals surface area contributed by atoms with Gasteiger partial charge in [-0.3, -0.25) is 9.97 Å². The largest absolute Gasteiger partial charge is 0.370 e. The second-order valence-corrected chi connectivity index (χ2v) is 29.8. The van der Waals surface area contributed by atoms with Gasteiger partial charge in [0.1, 0.15) is 46.3 Å². The fourth-order valence-corrected chi connectivity index (χ4v) is 16.2. The van der Waals surface area contributed by atoms with E-state index in [1.165, 1.54) is 114 Å². The average molecular weight is 1860 g/mol. The van der Waals surface area contributed by atoms with E-state index in [-0.39, 0.29) is 113 Å². The number of nitriles is 4. The summed E-state index contributed by atoms with van der Waals surface area (Å²) in [6.07, 6.45) is 7.81. The Hall–Kier alpha value is -14.1. The first-order valence-electron chi connectivity index (χ1n) is 36.5. The molecular formula is C94H62Ir2N18S-2. The molecule has 11 aromatic carbocycles. The van der Waals surface area contributed by atoms with E-state index in [0.29, 0.717) is 11.8 Å². The van der Waals surface area contributed by atoms with Crippen molar-refractivity contribution in [2.24, 2.45) is 0 Å². The molecule has 20 aromatic rings. The van der Waals surface area contributed by atoms with Crippen LogP contribution in [0.1, 0.15) is 99.8 Å². The molecule has 554 valence electrons. The van der Waals surface area contributed by atoms with Crippen molar-refractivity contribution in [3.8, 4) is 52.7 Å². The third-order valence-electron chi connectivity index (χ3n) is 20.4.